The van der Waals surface area contributed by atoms with Gasteiger partial charge in [-0.3, -0.25) is 14.6 Å². The third-order valence-electron chi connectivity index (χ3n) is 4.63. The van der Waals surface area contributed by atoms with Gasteiger partial charge in [-0.1, -0.05) is 12.1 Å². The summed E-state index contributed by atoms with van der Waals surface area (Å²) in [5.41, 5.74) is 2.13. The minimum Gasteiger partial charge on any atom is -0.507 e. The first-order valence-electron chi connectivity index (χ1n) is 9.81. The summed E-state index contributed by atoms with van der Waals surface area (Å²) in [6.07, 6.45) is 0. The lowest BCUT2D eigenvalue weighted by Crippen LogP contribution is -2.15. The van der Waals surface area contributed by atoms with E-state index in [0.29, 0.717) is 28.5 Å². The SMILES string of the molecule is Cc1cc(NS(=O)(=O)c2ccc(NC(=O)c3cc(-c4ccccc4O)n[nH]3)cc2)nc(C)n1. The fourth-order valence-corrected chi connectivity index (χ4v) is 4.14. The minimum atomic E-state index is -3.87. The lowest BCUT2D eigenvalue weighted by molar-refractivity contribution is 0.102. The Morgan fingerprint density at radius 1 is 1.00 bits per heavy atom. The van der Waals surface area contributed by atoms with Crippen molar-refractivity contribution in [3.05, 3.63) is 77.9 Å². The first-order valence-corrected chi connectivity index (χ1v) is 11.3. The zero-order valence-electron chi connectivity index (χ0n) is 17.7. The molecule has 0 atom stereocenters. The van der Waals surface area contributed by atoms with Crippen molar-refractivity contribution in [2.45, 2.75) is 18.7 Å². The van der Waals surface area contributed by atoms with Crippen LogP contribution in [-0.4, -0.2) is 39.6 Å². The molecule has 0 aliphatic carbocycles. The zero-order chi connectivity index (χ0) is 23.6. The second-order valence-corrected chi connectivity index (χ2v) is 8.89. The maximum absolute atomic E-state index is 12.7. The number of aromatic nitrogens is 4. The molecule has 0 spiro atoms. The van der Waals surface area contributed by atoms with Crippen molar-refractivity contribution in [2.75, 3.05) is 10.0 Å². The largest absolute Gasteiger partial charge is 0.507 e. The Morgan fingerprint density at radius 2 is 1.73 bits per heavy atom. The molecule has 0 saturated carbocycles. The van der Waals surface area contributed by atoms with Gasteiger partial charge in [-0.2, -0.15) is 5.10 Å². The number of nitrogens with one attached hydrogen (secondary N) is 3. The number of hydrogen-bond acceptors (Lipinski definition) is 7. The van der Waals surface area contributed by atoms with E-state index < -0.39 is 15.9 Å². The molecule has 33 heavy (non-hydrogen) atoms. The molecule has 0 aliphatic heterocycles. The van der Waals surface area contributed by atoms with Crippen LogP contribution in [0.1, 0.15) is 22.0 Å². The number of carbonyl (C=O) groups is 1. The Labute approximate surface area is 189 Å². The summed E-state index contributed by atoms with van der Waals surface area (Å²) in [7, 11) is -3.87. The highest BCUT2D eigenvalue weighted by Gasteiger charge is 2.17. The number of carbonyl (C=O) groups excluding carboxylic acids is 1. The van der Waals surface area contributed by atoms with Crippen molar-refractivity contribution in [2.24, 2.45) is 0 Å². The van der Waals surface area contributed by atoms with E-state index in [9.17, 15) is 18.3 Å². The van der Waals surface area contributed by atoms with Gasteiger partial charge in [0.15, 0.2) is 0 Å². The van der Waals surface area contributed by atoms with Crippen LogP contribution < -0.4 is 10.0 Å². The molecule has 2 heterocycles. The smallest absolute Gasteiger partial charge is 0.273 e. The van der Waals surface area contributed by atoms with Crippen LogP contribution in [0.5, 0.6) is 5.75 Å². The summed E-state index contributed by atoms with van der Waals surface area (Å²) < 4.78 is 27.7. The van der Waals surface area contributed by atoms with Crippen molar-refractivity contribution < 1.29 is 18.3 Å². The topological polar surface area (TPSA) is 150 Å². The quantitative estimate of drug-likeness (QED) is 0.342. The fraction of sp³-hybridized carbons (Fsp3) is 0.0909. The molecule has 4 N–H and O–H groups in total. The molecule has 0 fully saturated rings. The maximum atomic E-state index is 12.7. The number of H-pyrrole nitrogens is 1. The molecule has 0 bridgehead atoms. The van der Waals surface area contributed by atoms with Gasteiger partial charge in [-0.25, -0.2) is 18.4 Å². The molecule has 11 heteroatoms. The normalized spacial score (nSPS) is 11.2. The van der Waals surface area contributed by atoms with Crippen LogP contribution in [0.2, 0.25) is 0 Å². The lowest BCUT2D eigenvalue weighted by Gasteiger charge is -2.09. The zero-order valence-corrected chi connectivity index (χ0v) is 18.5. The Kier molecular flexibility index (Phi) is 5.80. The number of aromatic amines is 1. The second-order valence-electron chi connectivity index (χ2n) is 7.21. The molecule has 4 rings (SSSR count). The van der Waals surface area contributed by atoms with Crippen molar-refractivity contribution in [3.8, 4) is 17.0 Å². The number of phenols is 1. The van der Waals surface area contributed by atoms with Gasteiger partial charge in [0.25, 0.3) is 15.9 Å². The molecular formula is C22H20N6O4S. The van der Waals surface area contributed by atoms with Crippen LogP contribution in [0.15, 0.2) is 65.6 Å². The van der Waals surface area contributed by atoms with E-state index in [1.165, 1.54) is 42.5 Å². The average Bonchev–Trinajstić information content (AvgIpc) is 3.23. The van der Waals surface area contributed by atoms with Crippen LogP contribution in [0.3, 0.4) is 0 Å². The third kappa shape index (κ3) is 4.99. The van der Waals surface area contributed by atoms with Crippen LogP contribution >= 0.6 is 0 Å². The van der Waals surface area contributed by atoms with E-state index in [1.807, 2.05) is 0 Å². The Bertz CT molecular complexity index is 1410. The summed E-state index contributed by atoms with van der Waals surface area (Å²) in [6.45, 7) is 3.42. The first-order chi connectivity index (χ1) is 15.7. The highest BCUT2D eigenvalue weighted by Crippen LogP contribution is 2.27. The summed E-state index contributed by atoms with van der Waals surface area (Å²) in [6, 6.07) is 15.4. The molecule has 1 amide bonds. The van der Waals surface area contributed by atoms with Crippen molar-refractivity contribution in [1.82, 2.24) is 20.2 Å². The van der Waals surface area contributed by atoms with E-state index in [2.05, 4.69) is 30.2 Å². The molecule has 2 aromatic carbocycles. The van der Waals surface area contributed by atoms with Crippen LogP contribution in [-0.2, 0) is 10.0 Å². The standard InChI is InChI=1S/C22H20N6O4S/c1-13-11-21(24-14(2)23-13)28-33(31,32)16-9-7-15(8-10-16)25-22(30)19-12-18(26-27-19)17-5-3-4-6-20(17)29/h3-12,29H,1-2H3,(H,25,30)(H,26,27)(H,23,24,28). The third-order valence-corrected chi connectivity index (χ3v) is 6.00. The fourth-order valence-electron chi connectivity index (χ4n) is 3.15. The number of phenolic OH excluding ortho intramolecular Hbond substituents is 1. The molecule has 0 saturated heterocycles. The van der Waals surface area contributed by atoms with Gasteiger partial charge in [0, 0.05) is 23.0 Å². The number of anilines is 2. The number of aryl methyl sites for hydroxylation is 2. The van der Waals surface area contributed by atoms with Crippen molar-refractivity contribution in [3.63, 3.8) is 0 Å². The van der Waals surface area contributed by atoms with E-state index in [0.717, 1.165) is 0 Å². The summed E-state index contributed by atoms with van der Waals surface area (Å²) in [5.74, 6) is 0.213. The van der Waals surface area contributed by atoms with Crippen LogP contribution in [0, 0.1) is 13.8 Å². The molecule has 0 unspecified atom stereocenters. The van der Waals surface area contributed by atoms with Crippen LogP contribution in [0.25, 0.3) is 11.3 Å². The number of hydrogen-bond donors (Lipinski definition) is 4. The van der Waals surface area contributed by atoms with Gasteiger partial charge in [0.05, 0.1) is 10.6 Å². The van der Waals surface area contributed by atoms with Gasteiger partial charge in [0.1, 0.15) is 23.1 Å². The molecule has 2 aromatic heterocycles. The highest BCUT2D eigenvalue weighted by molar-refractivity contribution is 7.92. The number of para-hydroxylation sites is 1. The second kappa shape index (κ2) is 8.71. The number of rotatable bonds is 6. The number of amides is 1. The van der Waals surface area contributed by atoms with Crippen LogP contribution in [0.4, 0.5) is 11.5 Å². The molecule has 4 aromatic rings. The van der Waals surface area contributed by atoms with Gasteiger partial charge < -0.3 is 10.4 Å². The number of nitrogens with zero attached hydrogens (tertiary/aromatic N) is 3. The highest BCUT2D eigenvalue weighted by atomic mass is 32.2. The Hall–Kier alpha value is -4.25. The minimum absolute atomic E-state index is 0.0118. The summed E-state index contributed by atoms with van der Waals surface area (Å²) in [5, 5.41) is 19.3. The first kappa shape index (κ1) is 22.0. The Morgan fingerprint density at radius 3 is 2.42 bits per heavy atom. The van der Waals surface area contributed by atoms with Crippen molar-refractivity contribution >= 4 is 27.4 Å². The van der Waals surface area contributed by atoms with E-state index in [1.54, 1.807) is 32.0 Å². The van der Waals surface area contributed by atoms with Gasteiger partial charge in [0.2, 0.25) is 0 Å². The lowest BCUT2D eigenvalue weighted by atomic mass is 10.1. The monoisotopic (exact) mass is 464 g/mol. The number of sulfonamides is 1. The number of benzene rings is 2. The van der Waals surface area contributed by atoms with Gasteiger partial charge in [-0.15, -0.1) is 0 Å². The average molecular weight is 465 g/mol. The molecule has 10 nitrogen and oxygen atoms in total. The van der Waals surface area contributed by atoms with Gasteiger partial charge in [-0.05, 0) is 56.3 Å². The van der Waals surface area contributed by atoms with E-state index >= 15 is 0 Å². The maximum Gasteiger partial charge on any atom is 0.273 e. The summed E-state index contributed by atoms with van der Waals surface area (Å²) >= 11 is 0. The van der Waals surface area contributed by atoms with E-state index in [-0.39, 0.29) is 22.2 Å². The summed E-state index contributed by atoms with van der Waals surface area (Å²) in [4.78, 5) is 20.8. The molecular weight excluding hydrogens is 444 g/mol. The predicted molar refractivity (Wildman–Crippen MR) is 122 cm³/mol. The molecule has 0 aliphatic rings. The molecule has 168 valence electrons. The van der Waals surface area contributed by atoms with Crippen molar-refractivity contribution in [1.29, 1.82) is 0 Å². The Balaban J connectivity index is 1.46. The number of aromatic hydroxyl groups is 1. The molecule has 0 radical (unpaired) electrons. The predicted octanol–water partition coefficient (Wildman–Crippen LogP) is 3.24. The van der Waals surface area contributed by atoms with E-state index in [4.69, 9.17) is 0 Å². The van der Waals surface area contributed by atoms with Gasteiger partial charge >= 0.3 is 0 Å².